The predicted octanol–water partition coefficient (Wildman–Crippen LogP) is 6.90. The summed E-state index contributed by atoms with van der Waals surface area (Å²) in [5, 5.41) is 0.545. The number of rotatable bonds is 10. The molecule has 10 heteroatoms. The second-order valence-electron chi connectivity index (χ2n) is 10.2. The lowest BCUT2D eigenvalue weighted by Gasteiger charge is -2.21. The van der Waals surface area contributed by atoms with Gasteiger partial charge in [-0.1, -0.05) is 59.6 Å². The molecule has 1 amide bonds. The van der Waals surface area contributed by atoms with Crippen LogP contribution < -0.4 is 4.90 Å². The Bertz CT molecular complexity index is 1840. The van der Waals surface area contributed by atoms with Gasteiger partial charge in [-0.3, -0.25) is 9.69 Å². The number of sulfonamides is 1. The fourth-order valence-electron chi connectivity index (χ4n) is 4.92. The molecule has 0 unspecified atom stereocenters. The number of esters is 1. The molecule has 2 heterocycles. The van der Waals surface area contributed by atoms with E-state index in [1.807, 2.05) is 31.2 Å². The number of ether oxygens (including phenoxy) is 1. The molecule has 1 aliphatic heterocycles. The maximum atomic E-state index is 13.7. The third-order valence-electron chi connectivity index (χ3n) is 7.13. The average Bonchev–Trinajstić information content (AvgIpc) is 3.55. The fraction of sp³-hybridized carbons (Fsp3) is 0.176. The van der Waals surface area contributed by atoms with Gasteiger partial charge >= 0.3 is 5.97 Å². The lowest BCUT2D eigenvalue weighted by atomic mass is 10.1. The van der Waals surface area contributed by atoms with Crippen LogP contribution in [0.15, 0.2) is 117 Å². The van der Waals surface area contributed by atoms with Gasteiger partial charge in [0.2, 0.25) is 10.0 Å². The van der Waals surface area contributed by atoms with Crippen LogP contribution in [0.25, 0.3) is 6.08 Å². The number of nitrogens with zero attached hydrogens (tertiary/aromatic N) is 2. The van der Waals surface area contributed by atoms with Crippen LogP contribution in [0, 0.1) is 6.92 Å². The Kier molecular flexibility index (Phi) is 9.20. The third kappa shape index (κ3) is 6.55. The molecule has 0 radical (unpaired) electrons. The van der Waals surface area contributed by atoms with Crippen LogP contribution in [0.1, 0.15) is 36.5 Å². The molecule has 0 fully saturated rings. The van der Waals surface area contributed by atoms with Crippen LogP contribution in [-0.4, -0.2) is 31.2 Å². The number of hydrogen-bond acceptors (Lipinski definition) is 6. The van der Waals surface area contributed by atoms with Crippen molar-refractivity contribution < 1.29 is 27.2 Å². The minimum atomic E-state index is -3.91. The molecule has 0 spiro atoms. The molecule has 44 heavy (non-hydrogen) atoms. The van der Waals surface area contributed by atoms with E-state index in [0.29, 0.717) is 22.2 Å². The molecule has 0 bridgehead atoms. The maximum absolute atomic E-state index is 13.7. The summed E-state index contributed by atoms with van der Waals surface area (Å²) in [5.74, 6) is -0.380. The van der Waals surface area contributed by atoms with Crippen molar-refractivity contribution >= 4 is 45.3 Å². The first kappa shape index (κ1) is 31.0. The minimum absolute atomic E-state index is 0.0739. The zero-order valence-corrected chi connectivity index (χ0v) is 26.1. The minimum Gasteiger partial charge on any atom is -0.462 e. The van der Waals surface area contributed by atoms with Gasteiger partial charge in [0.25, 0.3) is 5.91 Å². The number of allylic oxidation sites excluding steroid dienone is 1. The molecule has 226 valence electrons. The van der Waals surface area contributed by atoms with E-state index in [2.05, 4.69) is 0 Å². The van der Waals surface area contributed by atoms with Gasteiger partial charge in [-0.2, -0.15) is 4.31 Å². The van der Waals surface area contributed by atoms with Gasteiger partial charge in [-0.05, 0) is 80.9 Å². The Morgan fingerprint density at radius 3 is 2.27 bits per heavy atom. The summed E-state index contributed by atoms with van der Waals surface area (Å²) in [6.45, 7) is 5.48. The Morgan fingerprint density at radius 2 is 1.61 bits per heavy atom. The SMILES string of the molecule is CCOC(=O)C1=C(C)N(c2ccc(C)cc2)C(=O)/C1=C/c1ccc(CN(Cc2ccc(Cl)cc2)S(=O)(=O)c2ccccc2)o1. The topological polar surface area (TPSA) is 97.1 Å². The van der Waals surface area contributed by atoms with E-state index < -0.39 is 21.9 Å². The Hall–Kier alpha value is -4.44. The molecule has 0 saturated heterocycles. The molecular formula is C34H31ClN2O6S. The molecule has 5 rings (SSSR count). The number of anilines is 1. The van der Waals surface area contributed by atoms with E-state index in [1.165, 1.54) is 15.3 Å². The maximum Gasteiger partial charge on any atom is 0.340 e. The lowest BCUT2D eigenvalue weighted by Crippen LogP contribution is -2.30. The highest BCUT2D eigenvalue weighted by Gasteiger charge is 2.38. The summed E-state index contributed by atoms with van der Waals surface area (Å²) in [4.78, 5) is 28.3. The molecule has 3 aromatic carbocycles. The van der Waals surface area contributed by atoms with E-state index in [4.69, 9.17) is 20.8 Å². The van der Waals surface area contributed by atoms with Crippen molar-refractivity contribution in [2.24, 2.45) is 0 Å². The number of benzene rings is 3. The molecule has 0 saturated carbocycles. The molecule has 1 aromatic heterocycles. The summed E-state index contributed by atoms with van der Waals surface area (Å²) in [7, 11) is -3.91. The highest BCUT2D eigenvalue weighted by molar-refractivity contribution is 7.89. The van der Waals surface area contributed by atoms with Gasteiger partial charge in [-0.15, -0.1) is 0 Å². The number of halogens is 1. The van der Waals surface area contributed by atoms with Crippen molar-refractivity contribution in [3.8, 4) is 0 Å². The van der Waals surface area contributed by atoms with Gasteiger partial charge in [0.1, 0.15) is 11.5 Å². The second-order valence-corrected chi connectivity index (χ2v) is 12.6. The predicted molar refractivity (Wildman–Crippen MR) is 169 cm³/mol. The third-order valence-corrected chi connectivity index (χ3v) is 9.18. The number of hydrogen-bond donors (Lipinski definition) is 0. The molecule has 1 aliphatic rings. The fourth-order valence-corrected chi connectivity index (χ4v) is 6.46. The van der Waals surface area contributed by atoms with Gasteiger partial charge in [0.05, 0.1) is 29.2 Å². The van der Waals surface area contributed by atoms with Crippen molar-refractivity contribution in [2.45, 2.75) is 38.8 Å². The number of carbonyl (C=O) groups is 2. The quantitative estimate of drug-likeness (QED) is 0.140. The van der Waals surface area contributed by atoms with E-state index in [-0.39, 0.29) is 41.5 Å². The van der Waals surface area contributed by atoms with Gasteiger partial charge in [-0.25, -0.2) is 13.2 Å². The number of amides is 1. The summed E-state index contributed by atoms with van der Waals surface area (Å²) in [6.07, 6.45) is 1.49. The van der Waals surface area contributed by atoms with Gasteiger partial charge < -0.3 is 9.15 Å². The summed E-state index contributed by atoms with van der Waals surface area (Å²) >= 11 is 6.04. The van der Waals surface area contributed by atoms with Crippen LogP contribution in [0.5, 0.6) is 0 Å². The van der Waals surface area contributed by atoms with Crippen molar-refractivity contribution in [1.82, 2.24) is 4.31 Å². The molecule has 4 aromatic rings. The first-order valence-electron chi connectivity index (χ1n) is 14.0. The van der Waals surface area contributed by atoms with Crippen molar-refractivity contribution in [3.63, 3.8) is 0 Å². The monoisotopic (exact) mass is 630 g/mol. The van der Waals surface area contributed by atoms with E-state index >= 15 is 0 Å². The van der Waals surface area contributed by atoms with Crippen LogP contribution in [0.3, 0.4) is 0 Å². The van der Waals surface area contributed by atoms with Crippen LogP contribution >= 0.6 is 11.6 Å². The second kappa shape index (κ2) is 13.1. The Balaban J connectivity index is 1.48. The van der Waals surface area contributed by atoms with E-state index in [0.717, 1.165) is 11.1 Å². The Morgan fingerprint density at radius 1 is 0.932 bits per heavy atom. The Labute approximate surface area is 261 Å². The van der Waals surface area contributed by atoms with Crippen molar-refractivity contribution in [1.29, 1.82) is 0 Å². The average molecular weight is 631 g/mol. The highest BCUT2D eigenvalue weighted by Crippen LogP contribution is 2.36. The number of furan rings is 1. The highest BCUT2D eigenvalue weighted by atomic mass is 35.5. The number of aryl methyl sites for hydroxylation is 1. The zero-order valence-electron chi connectivity index (χ0n) is 24.5. The smallest absolute Gasteiger partial charge is 0.340 e. The van der Waals surface area contributed by atoms with Gasteiger partial charge in [0.15, 0.2) is 0 Å². The van der Waals surface area contributed by atoms with E-state index in [1.54, 1.807) is 80.6 Å². The summed E-state index contributed by atoms with van der Waals surface area (Å²) in [5.41, 5.74) is 3.11. The van der Waals surface area contributed by atoms with Crippen molar-refractivity contribution in [2.75, 3.05) is 11.5 Å². The molecule has 0 atom stereocenters. The molecule has 0 aliphatic carbocycles. The number of carbonyl (C=O) groups excluding carboxylic acids is 2. The molecule has 8 nitrogen and oxygen atoms in total. The van der Waals surface area contributed by atoms with Gasteiger partial charge in [0, 0.05) is 23.0 Å². The van der Waals surface area contributed by atoms with E-state index in [9.17, 15) is 18.0 Å². The largest absolute Gasteiger partial charge is 0.462 e. The first-order valence-corrected chi connectivity index (χ1v) is 15.8. The molecule has 0 N–H and O–H groups in total. The van der Waals surface area contributed by atoms with Crippen LogP contribution in [0.4, 0.5) is 5.69 Å². The lowest BCUT2D eigenvalue weighted by molar-refractivity contribution is -0.138. The summed E-state index contributed by atoms with van der Waals surface area (Å²) < 4.78 is 40.0. The molecular weight excluding hydrogens is 600 g/mol. The zero-order chi connectivity index (χ0) is 31.4. The standard InChI is InChI=1S/C34H31ClN2O6S/c1-4-42-34(39)32-24(3)37(27-16-10-23(2)11-17-27)33(38)31(32)20-28-18-19-29(43-28)22-36(21-25-12-14-26(35)15-13-25)44(40,41)30-8-6-5-7-9-30/h5-20H,4,21-22H2,1-3H3/b31-20+. The first-order chi connectivity index (χ1) is 21.1. The van der Waals surface area contributed by atoms with Crippen molar-refractivity contribution in [3.05, 3.63) is 136 Å². The summed E-state index contributed by atoms with van der Waals surface area (Å²) in [6, 6.07) is 25.8. The normalized spacial score (nSPS) is 14.6. The van der Waals surface area contributed by atoms with Crippen LogP contribution in [0.2, 0.25) is 5.02 Å². The van der Waals surface area contributed by atoms with Crippen LogP contribution in [-0.2, 0) is 37.4 Å².